The Morgan fingerprint density at radius 3 is 0.607 bits per heavy atom. The molecule has 2 heterocycles. The Bertz CT molecular complexity index is 2150. The van der Waals surface area contributed by atoms with E-state index in [4.69, 9.17) is 7.90 Å². The van der Waals surface area contributed by atoms with Crippen molar-refractivity contribution in [1.82, 2.24) is 18.3 Å². The number of rotatable bonds is 14. The van der Waals surface area contributed by atoms with E-state index in [1.807, 2.05) is 0 Å². The zero-order valence-electron chi connectivity index (χ0n) is 40.0. The first-order chi connectivity index (χ1) is 29.0. The summed E-state index contributed by atoms with van der Waals surface area (Å²) in [5.74, 6) is 2.68. The number of aromatic nitrogens is 4. The molecule has 0 bridgehead atoms. The average Bonchev–Trinajstić information content (AvgIpc) is 3.83. The molecule has 0 unspecified atom stereocenters. The van der Waals surface area contributed by atoms with Crippen molar-refractivity contribution in [2.75, 3.05) is 0 Å². The first kappa shape index (κ1) is 46.0. The van der Waals surface area contributed by atoms with E-state index in [0.29, 0.717) is 47.3 Å². The quantitative estimate of drug-likeness (QED) is 0.0979. The third-order valence-corrected chi connectivity index (χ3v) is 13.5. The summed E-state index contributed by atoms with van der Waals surface area (Å²) in [6.07, 6.45) is 9.01. The molecule has 61 heavy (non-hydrogen) atoms. The van der Waals surface area contributed by atoms with E-state index in [-0.39, 0.29) is 0 Å². The van der Waals surface area contributed by atoms with Crippen molar-refractivity contribution in [3.63, 3.8) is 0 Å². The van der Waals surface area contributed by atoms with Crippen molar-refractivity contribution in [1.29, 1.82) is 0 Å². The van der Waals surface area contributed by atoms with Gasteiger partial charge in [0.05, 0.1) is 0 Å². The predicted molar refractivity (Wildman–Crippen MR) is 260 cm³/mol. The first-order valence-electron chi connectivity index (χ1n) is 22.9. The van der Waals surface area contributed by atoms with Crippen LogP contribution in [0, 0.1) is 0 Å². The molecule has 0 fully saturated rings. The Labute approximate surface area is 374 Å². The van der Waals surface area contributed by atoms with Crippen LogP contribution < -0.4 is 11.2 Å². The van der Waals surface area contributed by atoms with Crippen LogP contribution in [-0.4, -0.2) is 34.1 Å². The molecule has 7 heteroatoms. The molecule has 0 amide bonds. The summed E-state index contributed by atoms with van der Waals surface area (Å²) in [4.78, 5) is 0. The molecule has 0 saturated carbocycles. The summed E-state index contributed by atoms with van der Waals surface area (Å²) < 4.78 is 21.0. The molecule has 6 nitrogen and oxygen atoms in total. The number of hydrogen-bond donors (Lipinski definition) is 0. The second kappa shape index (κ2) is 19.2. The van der Waals surface area contributed by atoms with Gasteiger partial charge in [-0.1, -0.05) is 0 Å². The van der Waals surface area contributed by atoms with E-state index in [1.165, 1.54) is 67.3 Å². The molecule has 2 radical (unpaired) electrons. The molecule has 0 aliphatic rings. The molecule has 0 saturated heterocycles. The normalized spacial score (nSPS) is 12.2. The Morgan fingerprint density at radius 1 is 0.295 bits per heavy atom. The van der Waals surface area contributed by atoms with Crippen molar-refractivity contribution in [3.8, 4) is 22.7 Å². The summed E-state index contributed by atoms with van der Waals surface area (Å²) in [7, 11) is 0. The maximum atomic E-state index is 5.75. The van der Waals surface area contributed by atoms with Gasteiger partial charge in [-0.2, -0.15) is 0 Å². The van der Waals surface area contributed by atoms with Gasteiger partial charge in [-0.25, -0.2) is 0 Å². The molecule has 0 N–H and O–H groups in total. The number of nitrogens with zero attached hydrogens (tertiary/aromatic N) is 6. The molecule has 2 aromatic heterocycles. The predicted octanol–water partition coefficient (Wildman–Crippen LogP) is 13.9. The van der Waals surface area contributed by atoms with Gasteiger partial charge >= 0.3 is 376 Å². The molecular formula is C54H72GeN6. The Morgan fingerprint density at radius 2 is 0.459 bits per heavy atom. The topological polar surface area (TPSA) is 44.4 Å². The van der Waals surface area contributed by atoms with Crippen LogP contribution in [0.1, 0.15) is 203 Å². The van der Waals surface area contributed by atoms with Crippen LogP contribution in [0.15, 0.2) is 105 Å². The van der Waals surface area contributed by atoms with Gasteiger partial charge in [-0.15, -0.1) is 0 Å². The van der Waals surface area contributed by atoms with Crippen LogP contribution in [0.2, 0.25) is 0 Å². The second-order valence-corrected chi connectivity index (χ2v) is 20.7. The van der Waals surface area contributed by atoms with Crippen LogP contribution in [0.25, 0.3) is 22.7 Å². The van der Waals surface area contributed by atoms with Crippen LogP contribution in [0.4, 0.5) is 0 Å². The van der Waals surface area contributed by atoms with E-state index in [2.05, 4.69) is 227 Å². The summed E-state index contributed by atoms with van der Waals surface area (Å²) in [6.45, 7) is 36.9. The van der Waals surface area contributed by atoms with Crippen LogP contribution >= 0.6 is 0 Å². The number of benzene rings is 4. The third-order valence-electron chi connectivity index (χ3n) is 12.2. The Kier molecular flexibility index (Phi) is 14.5. The van der Waals surface area contributed by atoms with Gasteiger partial charge in [0.25, 0.3) is 0 Å². The van der Waals surface area contributed by atoms with Crippen LogP contribution in [0.3, 0.4) is 0 Å². The van der Waals surface area contributed by atoms with Gasteiger partial charge in [0.2, 0.25) is 0 Å². The zero-order valence-corrected chi connectivity index (χ0v) is 42.1. The van der Waals surface area contributed by atoms with Gasteiger partial charge in [0, 0.05) is 0 Å². The zero-order chi connectivity index (χ0) is 44.4. The van der Waals surface area contributed by atoms with E-state index in [1.54, 1.807) is 0 Å². The molecule has 0 atom stereocenters. The fourth-order valence-electron chi connectivity index (χ4n) is 8.95. The number of hydrogen-bond acceptors (Lipinski definition) is 2. The average molecular weight is 878 g/mol. The van der Waals surface area contributed by atoms with Crippen LogP contribution in [-0.2, 0) is 0 Å². The molecule has 0 aliphatic carbocycles. The van der Waals surface area contributed by atoms with E-state index >= 15 is 0 Å². The van der Waals surface area contributed by atoms with Gasteiger partial charge in [0.15, 0.2) is 0 Å². The Hall–Kier alpha value is -4.56. The third kappa shape index (κ3) is 9.17. The van der Waals surface area contributed by atoms with Gasteiger partial charge in [0.1, 0.15) is 0 Å². The van der Waals surface area contributed by atoms with Crippen molar-refractivity contribution in [3.05, 3.63) is 153 Å². The molecule has 0 aliphatic heterocycles. The Balaban J connectivity index is 1.77. The van der Waals surface area contributed by atoms with E-state index in [0.717, 1.165) is 11.2 Å². The number of para-hydroxylation sites is 4. The summed E-state index contributed by atoms with van der Waals surface area (Å²) in [5, 5.41) is 0. The standard InChI is InChI=1S/C54H72GeN6/c1-33(2)41-21-17-22-42(34(3)4)49(41)58-29-30-59(50-43(35(5)6)23-18-24-44(50)36(7)8)53(58)56-55-57-54-60(51-45(37(9)10)25-19-26-46(51)38(11)12)31-32-61(54)52-47(39(13)14)27-20-28-48(52)40(15)16/h17-40H,1-16H3. The number of imidazole rings is 2. The van der Waals surface area contributed by atoms with Gasteiger partial charge in [-0.05, 0) is 0 Å². The van der Waals surface area contributed by atoms with Gasteiger partial charge < -0.3 is 0 Å². The first-order valence-corrected chi connectivity index (χ1v) is 24.8. The fraction of sp³-hybridized carbons (Fsp3) is 0.444. The molecular weight excluding hydrogens is 805 g/mol. The van der Waals surface area contributed by atoms with E-state index < -0.39 is 15.9 Å². The SMILES string of the molecule is CC(C)c1cccc(C(C)C)c1-n1ccn(-c2c(C(C)C)cccc2C(C)C)c1=[N][Ge][N]=c1n(-c2c(C(C)C)cccc2C(C)C)ccn1-c1c(C(C)C)cccc1C(C)C. The fourth-order valence-corrected chi connectivity index (χ4v) is 10.3. The molecule has 322 valence electrons. The molecule has 6 rings (SSSR count). The molecule has 0 spiro atoms. The van der Waals surface area contributed by atoms with Crippen molar-refractivity contribution in [2.24, 2.45) is 7.90 Å². The monoisotopic (exact) mass is 879 g/mol. The van der Waals surface area contributed by atoms with Crippen molar-refractivity contribution >= 4 is 15.9 Å². The second-order valence-electron chi connectivity index (χ2n) is 19.4. The maximum absolute atomic E-state index is 5.75. The van der Waals surface area contributed by atoms with Gasteiger partial charge in [-0.3, -0.25) is 0 Å². The molecule has 4 aromatic carbocycles. The minimum atomic E-state index is -1.34. The van der Waals surface area contributed by atoms with Crippen LogP contribution in [0.5, 0.6) is 0 Å². The van der Waals surface area contributed by atoms with Crippen molar-refractivity contribution < 1.29 is 0 Å². The summed E-state index contributed by atoms with van der Waals surface area (Å²) in [6, 6.07) is 27.3. The summed E-state index contributed by atoms with van der Waals surface area (Å²) >= 11 is -1.34. The van der Waals surface area contributed by atoms with E-state index in [9.17, 15) is 0 Å². The molecule has 6 aromatic rings. The minimum absolute atomic E-state index is 0.335. The van der Waals surface area contributed by atoms with Crippen molar-refractivity contribution in [2.45, 2.75) is 158 Å². The summed E-state index contributed by atoms with van der Waals surface area (Å²) in [5.41, 5.74) is 17.4.